The average Bonchev–Trinajstić information content (AvgIpc) is 3.52. The summed E-state index contributed by atoms with van der Waals surface area (Å²) in [4.78, 5) is 60.2. The van der Waals surface area contributed by atoms with E-state index < -0.39 is 46.8 Å². The quantitative estimate of drug-likeness (QED) is 0.150. The average molecular weight is 771 g/mol. The minimum Gasteiger partial charge on any atom is -0.507 e. The van der Waals surface area contributed by atoms with E-state index in [9.17, 15) is 19.5 Å². The first-order valence-corrected chi connectivity index (χ1v) is 18.4. The lowest BCUT2D eigenvalue weighted by Gasteiger charge is -2.50. The van der Waals surface area contributed by atoms with Gasteiger partial charge in [0.1, 0.15) is 11.5 Å². The molecule has 270 valence electrons. The number of imide groups is 2. The molecule has 0 aromatic heterocycles. The van der Waals surface area contributed by atoms with Crippen LogP contribution in [0.25, 0.3) is 0 Å². The van der Waals surface area contributed by atoms with E-state index >= 15 is 4.79 Å². The standard InChI is InChI=1S/C41H34Cl3N3O6/c1-20-16-22(17-21(2)36(20)48)35-28-13-14-29-34(39(51)46(37(29)49)26-9-6-24(42)7-10-26)30(28)19-31-38(50)47(45-33-15-8-25(43)18-32(33)44)40(52)41(31,35)23-4-11-27(53-3)12-5-23/h4-13,15-18,29-31,34-35,45,48H,14,19H2,1-3H3/t29-,30+,31-,34-,35-,41+/m0/s1. The topological polar surface area (TPSA) is 116 Å². The summed E-state index contributed by atoms with van der Waals surface area (Å²) in [6.07, 6.45) is 2.39. The Hall–Kier alpha value is -4.83. The highest BCUT2D eigenvalue weighted by Gasteiger charge is 2.70. The number of phenolic OH excluding ortho intramolecular Hbond substituents is 1. The predicted octanol–water partition coefficient (Wildman–Crippen LogP) is 8.17. The van der Waals surface area contributed by atoms with Gasteiger partial charge in [0, 0.05) is 16.0 Å². The lowest BCUT2D eigenvalue weighted by Crippen LogP contribution is -2.53. The summed E-state index contributed by atoms with van der Waals surface area (Å²) < 4.78 is 5.48. The fourth-order valence-corrected chi connectivity index (χ4v) is 9.80. The summed E-state index contributed by atoms with van der Waals surface area (Å²) in [5.74, 6) is -4.71. The molecule has 53 heavy (non-hydrogen) atoms. The second kappa shape index (κ2) is 12.9. The molecule has 3 fully saturated rings. The molecule has 2 N–H and O–H groups in total. The third kappa shape index (κ3) is 5.27. The van der Waals surface area contributed by atoms with E-state index in [1.807, 2.05) is 30.3 Å². The van der Waals surface area contributed by atoms with Gasteiger partial charge in [0.15, 0.2) is 0 Å². The smallest absolute Gasteiger partial charge is 0.260 e. The number of methoxy groups -OCH3 is 1. The van der Waals surface area contributed by atoms with Gasteiger partial charge in [-0.2, -0.15) is 5.01 Å². The Balaban J connectivity index is 1.34. The van der Waals surface area contributed by atoms with Crippen molar-refractivity contribution >= 4 is 69.8 Å². The van der Waals surface area contributed by atoms with Crippen molar-refractivity contribution in [3.05, 3.63) is 128 Å². The molecular weight excluding hydrogens is 737 g/mol. The Bertz CT molecular complexity index is 2230. The largest absolute Gasteiger partial charge is 0.507 e. The van der Waals surface area contributed by atoms with Crippen molar-refractivity contribution in [2.24, 2.45) is 23.7 Å². The Labute approximate surface area is 321 Å². The molecular formula is C41H34Cl3N3O6. The maximum absolute atomic E-state index is 15.4. The second-order valence-corrected chi connectivity index (χ2v) is 15.5. The van der Waals surface area contributed by atoms with Crippen molar-refractivity contribution in [3.8, 4) is 11.5 Å². The molecule has 4 aromatic rings. The first-order valence-electron chi connectivity index (χ1n) is 17.2. The number of fused-ring (bicyclic) bond motifs is 4. The molecule has 2 saturated heterocycles. The van der Waals surface area contributed by atoms with Crippen molar-refractivity contribution in [2.45, 2.75) is 38.0 Å². The van der Waals surface area contributed by atoms with Gasteiger partial charge in [-0.3, -0.25) is 29.5 Å². The fourth-order valence-electron chi connectivity index (χ4n) is 9.22. The number of hydrazine groups is 1. The fraction of sp³-hybridized carbons (Fsp3) is 0.268. The van der Waals surface area contributed by atoms with Gasteiger partial charge in [-0.05, 0) is 109 Å². The van der Waals surface area contributed by atoms with Crippen LogP contribution in [0.4, 0.5) is 11.4 Å². The number of aromatic hydroxyl groups is 1. The number of allylic oxidation sites excluding steroid dienone is 2. The molecule has 2 aliphatic heterocycles. The van der Waals surface area contributed by atoms with Crippen LogP contribution >= 0.6 is 34.8 Å². The van der Waals surface area contributed by atoms with Gasteiger partial charge in [-0.1, -0.05) is 70.7 Å². The summed E-state index contributed by atoms with van der Waals surface area (Å²) >= 11 is 18.9. The number of nitrogens with zero attached hydrogens (tertiary/aromatic N) is 2. The van der Waals surface area contributed by atoms with Crippen molar-refractivity contribution in [2.75, 3.05) is 17.4 Å². The van der Waals surface area contributed by atoms with Crippen LogP contribution in [-0.4, -0.2) is 40.9 Å². The first kappa shape index (κ1) is 35.2. The Morgan fingerprint density at radius 3 is 2.11 bits per heavy atom. The van der Waals surface area contributed by atoms with Crippen LogP contribution in [0.3, 0.4) is 0 Å². The minimum atomic E-state index is -1.51. The number of halogens is 3. The number of phenols is 1. The van der Waals surface area contributed by atoms with Crippen LogP contribution < -0.4 is 15.1 Å². The van der Waals surface area contributed by atoms with Crippen LogP contribution in [0.1, 0.15) is 41.0 Å². The summed E-state index contributed by atoms with van der Waals surface area (Å²) in [7, 11) is 1.55. The van der Waals surface area contributed by atoms with E-state index in [0.29, 0.717) is 49.4 Å². The van der Waals surface area contributed by atoms with Gasteiger partial charge in [0.2, 0.25) is 11.8 Å². The van der Waals surface area contributed by atoms with Crippen LogP contribution in [0.5, 0.6) is 11.5 Å². The Morgan fingerprint density at radius 1 is 0.811 bits per heavy atom. The zero-order valence-corrected chi connectivity index (χ0v) is 31.2. The number of carbonyl (C=O) groups is 4. The number of hydrogen-bond acceptors (Lipinski definition) is 7. The van der Waals surface area contributed by atoms with Gasteiger partial charge in [-0.25, -0.2) is 0 Å². The van der Waals surface area contributed by atoms with Crippen LogP contribution in [0, 0.1) is 37.5 Å². The second-order valence-electron chi connectivity index (χ2n) is 14.2. The van der Waals surface area contributed by atoms with Gasteiger partial charge in [-0.15, -0.1) is 0 Å². The molecule has 0 bridgehead atoms. The molecule has 9 nitrogen and oxygen atoms in total. The normalized spacial score (nSPS) is 26.3. The summed E-state index contributed by atoms with van der Waals surface area (Å²) in [5.41, 5.74) is 5.50. The number of carbonyl (C=O) groups excluding carboxylic acids is 4. The number of anilines is 2. The number of benzene rings is 4. The lowest BCUT2D eigenvalue weighted by atomic mass is 9.49. The van der Waals surface area contributed by atoms with E-state index in [1.54, 1.807) is 69.5 Å². The maximum Gasteiger partial charge on any atom is 0.260 e. The Morgan fingerprint density at radius 2 is 1.47 bits per heavy atom. The maximum atomic E-state index is 15.4. The SMILES string of the molecule is COc1ccc([C@@]23C(=O)N(Nc4ccc(Cl)cc4Cl)C(=O)[C@@H]2C[C@@H]2C(=CC[C@@H]4C(=O)N(c5ccc(Cl)cc5)C(=O)[C@@H]42)[C@@H]3c2cc(C)c(O)c(C)c2)cc1. The third-order valence-corrected chi connectivity index (χ3v) is 12.3. The Kier molecular flexibility index (Phi) is 8.59. The molecule has 8 rings (SSSR count). The zero-order valence-electron chi connectivity index (χ0n) is 28.9. The van der Waals surface area contributed by atoms with E-state index in [-0.39, 0.29) is 35.4 Å². The summed E-state index contributed by atoms with van der Waals surface area (Å²) in [5, 5.41) is 13.0. The van der Waals surface area contributed by atoms with E-state index in [2.05, 4.69) is 5.43 Å². The van der Waals surface area contributed by atoms with Crippen molar-refractivity contribution in [3.63, 3.8) is 0 Å². The number of amides is 4. The molecule has 0 radical (unpaired) electrons. The molecule has 0 unspecified atom stereocenters. The molecule has 0 spiro atoms. The molecule has 1 saturated carbocycles. The van der Waals surface area contributed by atoms with Crippen molar-refractivity contribution in [1.29, 1.82) is 0 Å². The number of rotatable bonds is 6. The summed E-state index contributed by atoms with van der Waals surface area (Å²) in [6.45, 7) is 3.58. The molecule has 6 atom stereocenters. The highest BCUT2D eigenvalue weighted by atomic mass is 35.5. The van der Waals surface area contributed by atoms with Crippen LogP contribution in [0.2, 0.25) is 15.1 Å². The first-order chi connectivity index (χ1) is 25.4. The van der Waals surface area contributed by atoms with E-state index in [4.69, 9.17) is 39.5 Å². The number of ether oxygens (including phenoxy) is 1. The lowest BCUT2D eigenvalue weighted by molar-refractivity contribution is -0.138. The van der Waals surface area contributed by atoms with Crippen molar-refractivity contribution in [1.82, 2.24) is 5.01 Å². The van der Waals surface area contributed by atoms with Crippen LogP contribution in [0.15, 0.2) is 90.5 Å². The number of nitrogens with one attached hydrogen (secondary N) is 1. The highest BCUT2D eigenvalue weighted by molar-refractivity contribution is 6.36. The zero-order chi connectivity index (χ0) is 37.5. The summed E-state index contributed by atoms with van der Waals surface area (Å²) in [6, 6.07) is 22.1. The van der Waals surface area contributed by atoms with Gasteiger partial charge in [0.25, 0.3) is 11.8 Å². The molecule has 4 amide bonds. The van der Waals surface area contributed by atoms with Gasteiger partial charge < -0.3 is 9.84 Å². The minimum absolute atomic E-state index is 0.121. The van der Waals surface area contributed by atoms with E-state index in [0.717, 1.165) is 10.6 Å². The molecule has 2 aliphatic carbocycles. The predicted molar refractivity (Wildman–Crippen MR) is 202 cm³/mol. The molecule has 2 heterocycles. The van der Waals surface area contributed by atoms with Crippen LogP contribution in [-0.2, 0) is 24.6 Å². The van der Waals surface area contributed by atoms with Gasteiger partial charge in [0.05, 0.1) is 46.7 Å². The third-order valence-electron chi connectivity index (χ3n) is 11.5. The monoisotopic (exact) mass is 769 g/mol. The van der Waals surface area contributed by atoms with Crippen molar-refractivity contribution < 1.29 is 29.0 Å². The highest BCUT2D eigenvalue weighted by Crippen LogP contribution is 2.64. The number of hydrogen-bond donors (Lipinski definition) is 2. The van der Waals surface area contributed by atoms with E-state index in [1.165, 1.54) is 11.0 Å². The molecule has 4 aliphatic rings. The molecule has 4 aromatic carbocycles. The number of aryl methyl sites for hydroxylation is 2. The van der Waals surface area contributed by atoms with Gasteiger partial charge >= 0.3 is 0 Å². The molecule has 12 heteroatoms.